The molecular weight excluding hydrogens is 920 g/mol. The van der Waals surface area contributed by atoms with Crippen molar-refractivity contribution in [3.63, 3.8) is 0 Å². The van der Waals surface area contributed by atoms with E-state index in [4.69, 9.17) is 31.5 Å². The Morgan fingerprint density at radius 1 is 0.838 bits per heavy atom. The summed E-state index contributed by atoms with van der Waals surface area (Å²) in [5, 5.41) is 11.1. The molecule has 0 aromatic heterocycles. The Labute approximate surface area is 402 Å². The molecule has 4 rings (SSSR count). The van der Waals surface area contributed by atoms with Crippen LogP contribution in [-0.4, -0.2) is 105 Å². The van der Waals surface area contributed by atoms with Gasteiger partial charge in [-0.2, -0.15) is 0 Å². The van der Waals surface area contributed by atoms with Crippen molar-refractivity contribution in [3.05, 3.63) is 101 Å². The number of nitrogens with one attached hydrogen (secondary N) is 5. The summed E-state index contributed by atoms with van der Waals surface area (Å²) in [7, 11) is -4.00. The lowest BCUT2D eigenvalue weighted by molar-refractivity contribution is -0.149. The summed E-state index contributed by atoms with van der Waals surface area (Å²) in [6.45, 7) is 8.59. The van der Waals surface area contributed by atoms with E-state index >= 15 is 0 Å². The summed E-state index contributed by atoms with van der Waals surface area (Å²) < 4.78 is 43.9. The predicted octanol–water partition coefficient (Wildman–Crippen LogP) is 4.74. The van der Waals surface area contributed by atoms with E-state index in [1.165, 1.54) is 24.0 Å². The van der Waals surface area contributed by atoms with Gasteiger partial charge in [-0.05, 0) is 103 Å². The van der Waals surface area contributed by atoms with Gasteiger partial charge in [0.1, 0.15) is 43.0 Å². The molecule has 0 aliphatic carbocycles. The molecule has 1 fully saturated rings. The number of alkyl carbamates (subject to hydrolysis) is 2. The number of unbranched alkanes of at least 4 members (excludes halogenated alkanes) is 1. The lowest BCUT2D eigenvalue weighted by atomic mass is 10.1. The van der Waals surface area contributed by atoms with E-state index in [1.54, 1.807) is 81.4 Å². The van der Waals surface area contributed by atoms with E-state index in [1.807, 2.05) is 13.0 Å². The van der Waals surface area contributed by atoms with E-state index in [-0.39, 0.29) is 69.4 Å². The number of nitrogens with two attached hydrogens (primary N) is 1. The molecule has 1 heterocycles. The van der Waals surface area contributed by atoms with E-state index in [0.717, 1.165) is 11.1 Å². The van der Waals surface area contributed by atoms with Gasteiger partial charge >= 0.3 is 18.2 Å². The zero-order valence-electron chi connectivity index (χ0n) is 39.0. The van der Waals surface area contributed by atoms with Crippen molar-refractivity contribution in [1.82, 2.24) is 30.9 Å². The zero-order valence-corrected chi connectivity index (χ0v) is 40.6. The molecule has 0 radical (unpaired) electrons. The number of aryl methyl sites for hydroxylation is 1. The van der Waals surface area contributed by atoms with Crippen molar-refractivity contribution in [2.75, 3.05) is 19.6 Å². The second-order valence-corrected chi connectivity index (χ2v) is 19.3. The van der Waals surface area contributed by atoms with Crippen LogP contribution in [-0.2, 0) is 56.6 Å². The lowest BCUT2D eigenvalue weighted by Gasteiger charge is -2.30. The number of rotatable bonds is 22. The third kappa shape index (κ3) is 18.3. The van der Waals surface area contributed by atoms with Gasteiger partial charge in [0.2, 0.25) is 23.7 Å². The maximum absolute atomic E-state index is 14.1. The minimum atomic E-state index is -4.00. The predicted molar refractivity (Wildman–Crippen MR) is 254 cm³/mol. The second-order valence-electron chi connectivity index (χ2n) is 17.2. The molecule has 1 saturated heterocycles. The Morgan fingerprint density at radius 3 is 2.21 bits per heavy atom. The molecule has 0 unspecified atom stereocenters. The average molecular weight is 984 g/mol. The van der Waals surface area contributed by atoms with Crippen LogP contribution in [0.5, 0.6) is 0 Å². The van der Waals surface area contributed by atoms with Crippen LogP contribution in [0.15, 0.2) is 88.8 Å². The smallest absolute Gasteiger partial charge is 0.408 e. The second kappa shape index (κ2) is 26.2. The van der Waals surface area contributed by atoms with Crippen LogP contribution in [0.25, 0.3) is 0 Å². The van der Waals surface area contributed by atoms with Gasteiger partial charge in [0.25, 0.3) is 10.0 Å². The van der Waals surface area contributed by atoms with Gasteiger partial charge in [-0.3, -0.25) is 19.4 Å². The summed E-state index contributed by atoms with van der Waals surface area (Å²) in [5.74, 6) is -2.93. The quantitative estimate of drug-likeness (QED) is 0.0262. The SMILES string of the molecule is Cc1ccc(S(=O)(=O)NC(N)=NCCC[C@H](NC(=O)OC(C)(C)C)C(=O)N2CCC[C@H]2C(=O)N[C@@H](C)C(=O)N[C@@H](CCCCNC(=O)OCc2ccccc2Cl)C(=O)OCc2ccccc2)cc1. The molecule has 0 bridgehead atoms. The molecule has 68 heavy (non-hydrogen) atoms. The minimum absolute atomic E-state index is 0.000501. The van der Waals surface area contributed by atoms with Crippen molar-refractivity contribution >= 4 is 63.5 Å². The van der Waals surface area contributed by atoms with Gasteiger partial charge < -0.3 is 46.1 Å². The van der Waals surface area contributed by atoms with E-state index in [0.29, 0.717) is 29.8 Å². The Kier molecular flexibility index (Phi) is 20.9. The molecular formula is C47H63ClN8O11S. The van der Waals surface area contributed by atoms with Crippen molar-refractivity contribution in [1.29, 1.82) is 0 Å². The standard InChI is InChI=1S/C47H63ClN8O11S/c1-31-22-24-35(25-23-31)68(63,64)55-44(49)50-27-13-20-37(54-46(62)67-47(3,4)5)42(59)56-28-14-21-39(56)41(58)52-32(2)40(57)53-38(43(60)65-29-33-15-7-6-8-16-33)19-11-12-26-51-45(61)66-30-34-17-9-10-18-36(34)48/h6-10,15-18,22-25,32,37-39H,11-14,19-21,26-30H2,1-5H3,(H,51,61)(H,52,58)(H,53,57)(H,54,62)(H3,49,50,55)/t32-,37-,38-,39-/m0/s1. The third-order valence-electron chi connectivity index (χ3n) is 10.4. The number of hydrogen-bond donors (Lipinski definition) is 6. The summed E-state index contributed by atoms with van der Waals surface area (Å²) in [5.41, 5.74) is 7.27. The van der Waals surface area contributed by atoms with E-state index < -0.39 is 75.7 Å². The Hall–Kier alpha value is -6.41. The number of ether oxygens (including phenoxy) is 3. The fourth-order valence-electron chi connectivity index (χ4n) is 6.88. The van der Waals surface area contributed by atoms with Gasteiger partial charge in [0.15, 0.2) is 0 Å². The highest BCUT2D eigenvalue weighted by atomic mass is 35.5. The van der Waals surface area contributed by atoms with Gasteiger partial charge in [-0.1, -0.05) is 77.8 Å². The van der Waals surface area contributed by atoms with Crippen LogP contribution in [0.3, 0.4) is 0 Å². The number of halogens is 1. The average Bonchev–Trinajstić information content (AvgIpc) is 3.78. The fourth-order valence-corrected chi connectivity index (χ4v) is 8.02. The number of carbonyl (C=O) groups excluding carboxylic acids is 6. The van der Waals surface area contributed by atoms with Gasteiger partial charge in [-0.25, -0.2) is 27.5 Å². The number of guanidine groups is 1. The fraction of sp³-hybridized carbons (Fsp3) is 0.468. The summed E-state index contributed by atoms with van der Waals surface area (Å²) in [6, 6.07) is 17.7. The van der Waals surface area contributed by atoms with Crippen molar-refractivity contribution in [3.8, 4) is 0 Å². The number of esters is 1. The Morgan fingerprint density at radius 2 is 1.51 bits per heavy atom. The van der Waals surface area contributed by atoms with Crippen molar-refractivity contribution in [2.24, 2.45) is 10.7 Å². The highest BCUT2D eigenvalue weighted by Gasteiger charge is 2.39. The molecule has 5 amide bonds. The number of nitrogens with zero attached hydrogens (tertiary/aromatic N) is 2. The van der Waals surface area contributed by atoms with Gasteiger partial charge in [0, 0.05) is 30.2 Å². The van der Waals surface area contributed by atoms with Crippen LogP contribution >= 0.6 is 11.6 Å². The highest BCUT2D eigenvalue weighted by molar-refractivity contribution is 7.90. The Balaban J connectivity index is 1.35. The first-order valence-electron chi connectivity index (χ1n) is 22.4. The highest BCUT2D eigenvalue weighted by Crippen LogP contribution is 2.21. The van der Waals surface area contributed by atoms with Crippen LogP contribution in [0.2, 0.25) is 5.02 Å². The maximum atomic E-state index is 14.1. The van der Waals surface area contributed by atoms with Crippen LogP contribution in [0.1, 0.15) is 89.3 Å². The molecule has 21 heteroatoms. The molecule has 4 atom stereocenters. The molecule has 1 aliphatic heterocycles. The molecule has 0 spiro atoms. The first-order chi connectivity index (χ1) is 32.2. The van der Waals surface area contributed by atoms with Crippen molar-refractivity contribution in [2.45, 2.75) is 127 Å². The van der Waals surface area contributed by atoms with E-state index in [9.17, 15) is 37.2 Å². The maximum Gasteiger partial charge on any atom is 0.408 e. The molecule has 1 aliphatic rings. The molecule has 370 valence electrons. The summed E-state index contributed by atoms with van der Waals surface area (Å²) in [4.78, 5) is 85.4. The van der Waals surface area contributed by atoms with Gasteiger partial charge in [-0.15, -0.1) is 0 Å². The number of hydrogen-bond acceptors (Lipinski definition) is 12. The first kappa shape index (κ1) is 54.2. The topological polar surface area (TPSA) is 266 Å². The largest absolute Gasteiger partial charge is 0.459 e. The normalized spacial score (nSPS) is 15.2. The number of carbonyl (C=O) groups is 6. The number of aliphatic imine (C=N–C) groups is 1. The van der Waals surface area contributed by atoms with Crippen LogP contribution in [0, 0.1) is 6.92 Å². The minimum Gasteiger partial charge on any atom is -0.459 e. The number of benzene rings is 3. The molecule has 3 aromatic carbocycles. The number of likely N-dealkylation sites (tertiary alicyclic amines) is 1. The first-order valence-corrected chi connectivity index (χ1v) is 24.2. The lowest BCUT2D eigenvalue weighted by Crippen LogP contribution is -2.57. The zero-order chi connectivity index (χ0) is 49.9. The molecule has 0 saturated carbocycles. The number of amides is 5. The Bertz CT molecular complexity index is 2330. The monoisotopic (exact) mass is 982 g/mol. The summed E-state index contributed by atoms with van der Waals surface area (Å²) in [6.07, 6.45) is 0.369. The molecule has 19 nitrogen and oxygen atoms in total. The molecule has 7 N–H and O–H groups in total. The molecule has 3 aromatic rings. The third-order valence-corrected chi connectivity index (χ3v) is 12.2. The van der Waals surface area contributed by atoms with Crippen LogP contribution < -0.4 is 31.7 Å². The van der Waals surface area contributed by atoms with Crippen LogP contribution in [0.4, 0.5) is 9.59 Å². The van der Waals surface area contributed by atoms with Crippen molar-refractivity contribution < 1.29 is 51.4 Å². The van der Waals surface area contributed by atoms with Gasteiger partial charge in [0.05, 0.1) is 4.90 Å². The van der Waals surface area contributed by atoms with E-state index in [2.05, 4.69) is 31.0 Å². The summed E-state index contributed by atoms with van der Waals surface area (Å²) >= 11 is 6.13. The number of sulfonamides is 1.